The van der Waals surface area contributed by atoms with Gasteiger partial charge in [-0.15, -0.1) is 0 Å². The number of aliphatic imine (C=N–C) groups is 2. The minimum Gasteiger partial charge on any atom is -0.369 e. The highest BCUT2D eigenvalue weighted by molar-refractivity contribution is 6.00. The van der Waals surface area contributed by atoms with Crippen molar-refractivity contribution in [3.8, 4) is 0 Å². The van der Waals surface area contributed by atoms with Crippen LogP contribution in [0.4, 0.5) is 5.69 Å². The molecule has 0 aliphatic carbocycles. The van der Waals surface area contributed by atoms with Crippen molar-refractivity contribution in [1.82, 2.24) is 0 Å². The largest absolute Gasteiger partial charge is 0.369 e. The highest BCUT2D eigenvalue weighted by Crippen LogP contribution is 2.03. The third-order valence-electron chi connectivity index (χ3n) is 1.60. The van der Waals surface area contributed by atoms with Gasteiger partial charge in [0.15, 0.2) is 0 Å². The summed E-state index contributed by atoms with van der Waals surface area (Å²) in [6.45, 7) is 2.47. The predicted molar refractivity (Wildman–Crippen MR) is 63.9 cm³/mol. The van der Waals surface area contributed by atoms with E-state index < -0.39 is 0 Å². The molecule has 0 unspecified atom stereocenters. The SMILES string of the molecule is CCN=C(N)N=C(N)Nc1ccccc1. The topological polar surface area (TPSA) is 88.8 Å². The van der Waals surface area contributed by atoms with Crippen LogP contribution in [0.25, 0.3) is 0 Å². The monoisotopic (exact) mass is 205 g/mol. The predicted octanol–water partition coefficient (Wildman–Crippen LogP) is 0.748. The fraction of sp³-hybridized carbons (Fsp3) is 0.200. The molecule has 1 aromatic carbocycles. The van der Waals surface area contributed by atoms with Gasteiger partial charge in [-0.2, -0.15) is 4.99 Å². The Labute approximate surface area is 88.9 Å². The first-order chi connectivity index (χ1) is 7.22. The van der Waals surface area contributed by atoms with Gasteiger partial charge in [0.05, 0.1) is 0 Å². The second-order valence-electron chi connectivity index (χ2n) is 2.82. The number of nitrogens with one attached hydrogen (secondary N) is 1. The van der Waals surface area contributed by atoms with Crippen LogP contribution >= 0.6 is 0 Å². The van der Waals surface area contributed by atoms with E-state index >= 15 is 0 Å². The fourth-order valence-corrected chi connectivity index (χ4v) is 1.02. The molecule has 0 heterocycles. The van der Waals surface area contributed by atoms with Crippen LogP contribution in [0.15, 0.2) is 40.3 Å². The zero-order chi connectivity index (χ0) is 11.1. The molecule has 1 rings (SSSR count). The second-order valence-corrected chi connectivity index (χ2v) is 2.82. The van der Waals surface area contributed by atoms with Gasteiger partial charge in [-0.1, -0.05) is 18.2 Å². The first-order valence-corrected chi connectivity index (χ1v) is 4.68. The number of anilines is 1. The Morgan fingerprint density at radius 3 is 2.53 bits per heavy atom. The molecule has 0 amide bonds. The molecule has 80 valence electrons. The maximum Gasteiger partial charge on any atom is 0.218 e. The van der Waals surface area contributed by atoms with Crippen LogP contribution in [-0.2, 0) is 0 Å². The Morgan fingerprint density at radius 2 is 1.93 bits per heavy atom. The summed E-state index contributed by atoms with van der Waals surface area (Å²) >= 11 is 0. The first-order valence-electron chi connectivity index (χ1n) is 4.68. The third kappa shape index (κ3) is 4.12. The summed E-state index contributed by atoms with van der Waals surface area (Å²) < 4.78 is 0. The number of rotatable bonds is 2. The standard InChI is InChI=1S/C10H15N5/c1-2-13-9(11)15-10(12)14-8-6-4-3-5-7-8/h3-7H,2H2,1H3,(H5,11,12,13,14,15). The number of guanidine groups is 2. The number of hydrogen-bond acceptors (Lipinski definition) is 1. The molecule has 1 aromatic rings. The zero-order valence-electron chi connectivity index (χ0n) is 8.64. The van der Waals surface area contributed by atoms with E-state index in [-0.39, 0.29) is 11.9 Å². The van der Waals surface area contributed by atoms with Gasteiger partial charge in [-0.3, -0.25) is 4.99 Å². The lowest BCUT2D eigenvalue weighted by molar-refractivity contribution is 1.11. The number of para-hydroxylation sites is 1. The van der Waals surface area contributed by atoms with Crippen LogP contribution in [0, 0.1) is 0 Å². The van der Waals surface area contributed by atoms with Crippen molar-refractivity contribution >= 4 is 17.6 Å². The molecule has 0 bridgehead atoms. The van der Waals surface area contributed by atoms with Crippen molar-refractivity contribution < 1.29 is 0 Å². The molecule has 0 fully saturated rings. The molecule has 0 saturated heterocycles. The van der Waals surface area contributed by atoms with Gasteiger partial charge in [0.1, 0.15) is 0 Å². The van der Waals surface area contributed by atoms with E-state index in [2.05, 4.69) is 15.3 Å². The minimum atomic E-state index is 0.179. The van der Waals surface area contributed by atoms with Crippen LogP contribution < -0.4 is 16.8 Å². The molecule has 0 saturated carbocycles. The number of hydrogen-bond donors (Lipinski definition) is 3. The first kappa shape index (κ1) is 11.0. The van der Waals surface area contributed by atoms with Crippen molar-refractivity contribution in [1.29, 1.82) is 0 Å². The van der Waals surface area contributed by atoms with E-state index in [0.717, 1.165) is 5.69 Å². The number of nitrogens with zero attached hydrogens (tertiary/aromatic N) is 2. The fourth-order valence-electron chi connectivity index (χ4n) is 1.02. The van der Waals surface area contributed by atoms with Crippen molar-refractivity contribution in [2.45, 2.75) is 6.92 Å². The van der Waals surface area contributed by atoms with Crippen LogP contribution in [-0.4, -0.2) is 18.5 Å². The summed E-state index contributed by atoms with van der Waals surface area (Å²) in [5.41, 5.74) is 12.0. The summed E-state index contributed by atoms with van der Waals surface area (Å²) in [7, 11) is 0. The van der Waals surface area contributed by atoms with E-state index in [0.29, 0.717) is 6.54 Å². The van der Waals surface area contributed by atoms with Crippen LogP contribution in [0.1, 0.15) is 6.92 Å². The molecule has 0 spiro atoms. The average Bonchev–Trinajstić information content (AvgIpc) is 2.19. The molecule has 0 aliphatic rings. The van der Waals surface area contributed by atoms with Crippen LogP contribution in [0.3, 0.4) is 0 Å². The number of nitrogens with two attached hydrogens (primary N) is 2. The Bertz CT molecular complexity index is 355. The van der Waals surface area contributed by atoms with Crippen LogP contribution in [0.5, 0.6) is 0 Å². The highest BCUT2D eigenvalue weighted by atomic mass is 15.2. The van der Waals surface area contributed by atoms with Gasteiger partial charge in [0.2, 0.25) is 11.9 Å². The lowest BCUT2D eigenvalue weighted by Gasteiger charge is -2.04. The summed E-state index contributed by atoms with van der Waals surface area (Å²) in [5.74, 6) is 0.411. The lowest BCUT2D eigenvalue weighted by atomic mass is 10.3. The van der Waals surface area contributed by atoms with E-state index in [1.807, 2.05) is 37.3 Å². The Balaban J connectivity index is 2.63. The quantitative estimate of drug-likeness (QED) is 0.491. The van der Waals surface area contributed by atoms with E-state index in [9.17, 15) is 0 Å². The van der Waals surface area contributed by atoms with Gasteiger partial charge < -0.3 is 16.8 Å². The van der Waals surface area contributed by atoms with Crippen LogP contribution in [0.2, 0.25) is 0 Å². The van der Waals surface area contributed by atoms with Gasteiger partial charge in [-0.05, 0) is 19.1 Å². The zero-order valence-corrected chi connectivity index (χ0v) is 8.64. The van der Waals surface area contributed by atoms with Crippen molar-refractivity contribution in [3.05, 3.63) is 30.3 Å². The molecule has 0 atom stereocenters. The normalized spacial score (nSPS) is 12.6. The molecule has 0 aromatic heterocycles. The summed E-state index contributed by atoms with van der Waals surface area (Å²) in [5, 5.41) is 2.90. The maximum atomic E-state index is 5.61. The van der Waals surface area contributed by atoms with Crippen molar-refractivity contribution in [2.24, 2.45) is 21.5 Å². The number of benzene rings is 1. The summed E-state index contributed by atoms with van der Waals surface area (Å²) in [6, 6.07) is 9.49. The van der Waals surface area contributed by atoms with Gasteiger partial charge in [0, 0.05) is 12.2 Å². The molecule has 5 heteroatoms. The van der Waals surface area contributed by atoms with E-state index in [1.54, 1.807) is 0 Å². The van der Waals surface area contributed by atoms with Gasteiger partial charge in [-0.25, -0.2) is 0 Å². The Kier molecular flexibility index (Phi) is 4.15. The molecule has 15 heavy (non-hydrogen) atoms. The second kappa shape index (κ2) is 5.64. The Hall–Kier alpha value is -2.04. The maximum absolute atomic E-state index is 5.61. The van der Waals surface area contributed by atoms with Crippen molar-refractivity contribution in [3.63, 3.8) is 0 Å². The third-order valence-corrected chi connectivity index (χ3v) is 1.60. The van der Waals surface area contributed by atoms with Gasteiger partial charge in [0.25, 0.3) is 0 Å². The molecule has 0 radical (unpaired) electrons. The molecule has 0 aliphatic heterocycles. The Morgan fingerprint density at radius 1 is 1.27 bits per heavy atom. The molecule has 5 N–H and O–H groups in total. The van der Waals surface area contributed by atoms with Crippen molar-refractivity contribution in [2.75, 3.05) is 11.9 Å². The van der Waals surface area contributed by atoms with E-state index in [1.165, 1.54) is 0 Å². The molecular formula is C10H15N5. The highest BCUT2D eigenvalue weighted by Gasteiger charge is 1.94. The summed E-state index contributed by atoms with van der Waals surface area (Å²) in [6.07, 6.45) is 0. The average molecular weight is 205 g/mol. The molecular weight excluding hydrogens is 190 g/mol. The van der Waals surface area contributed by atoms with E-state index in [4.69, 9.17) is 11.5 Å². The lowest BCUT2D eigenvalue weighted by Crippen LogP contribution is -2.26. The molecule has 5 nitrogen and oxygen atoms in total. The minimum absolute atomic E-state index is 0.179. The van der Waals surface area contributed by atoms with Gasteiger partial charge >= 0.3 is 0 Å². The smallest absolute Gasteiger partial charge is 0.218 e. The summed E-state index contributed by atoms with van der Waals surface area (Å²) in [4.78, 5) is 7.77.